The van der Waals surface area contributed by atoms with Crippen molar-refractivity contribution in [3.8, 4) is 5.75 Å². The smallest absolute Gasteiger partial charge is 0.261 e. The predicted octanol–water partition coefficient (Wildman–Crippen LogP) is 0.911. The lowest BCUT2D eigenvalue weighted by Gasteiger charge is -2.23. The third-order valence-electron chi connectivity index (χ3n) is 4.38. The summed E-state index contributed by atoms with van der Waals surface area (Å²) in [6.45, 7) is 3.62. The first-order chi connectivity index (χ1) is 9.82. The van der Waals surface area contributed by atoms with Gasteiger partial charge in [0.05, 0.1) is 12.0 Å². The van der Waals surface area contributed by atoms with Crippen molar-refractivity contribution in [3.05, 3.63) is 28.8 Å². The van der Waals surface area contributed by atoms with Crippen LogP contribution in [0.1, 0.15) is 22.7 Å². The lowest BCUT2D eigenvalue weighted by molar-refractivity contribution is -0.168. The second-order valence-corrected chi connectivity index (χ2v) is 5.78. The van der Waals surface area contributed by atoms with Crippen LogP contribution < -0.4 is 0 Å². The average Bonchev–Trinajstić information content (AvgIpc) is 2.87. The first-order valence-electron chi connectivity index (χ1n) is 6.84. The maximum Gasteiger partial charge on any atom is 0.261 e. The van der Waals surface area contributed by atoms with E-state index in [1.54, 1.807) is 12.1 Å². The van der Waals surface area contributed by atoms with E-state index in [0.717, 1.165) is 21.6 Å². The fraction of sp³-hybridized carbons (Fsp3) is 0.467. The number of aryl methyl sites for hydroxylation is 2. The van der Waals surface area contributed by atoms with Crippen LogP contribution in [0.2, 0.25) is 0 Å². The van der Waals surface area contributed by atoms with Crippen LogP contribution in [0.5, 0.6) is 5.75 Å². The van der Waals surface area contributed by atoms with Crippen LogP contribution in [0.15, 0.2) is 12.1 Å². The highest BCUT2D eigenvalue weighted by molar-refractivity contribution is 6.07. The fourth-order valence-electron chi connectivity index (χ4n) is 3.27. The number of aromatic hydroxyl groups is 1. The molecule has 6 heteroatoms. The number of likely N-dealkylation sites (N-methyl/N-ethyl adjacent to an activating group) is 1. The van der Waals surface area contributed by atoms with E-state index in [0.29, 0.717) is 0 Å². The molecule has 21 heavy (non-hydrogen) atoms. The number of imide groups is 1. The number of phenolic OH excluding ortho intramolecular Hbond substituents is 1. The number of fused-ring (bicyclic) bond motifs is 1. The molecule has 0 saturated carbocycles. The van der Waals surface area contributed by atoms with Crippen LogP contribution in [0.4, 0.5) is 0 Å². The zero-order chi connectivity index (χ0) is 15.5. The summed E-state index contributed by atoms with van der Waals surface area (Å²) in [4.78, 5) is 31.0. The quantitative estimate of drug-likeness (QED) is 0.779. The number of nitrogens with zero attached hydrogens (tertiary/aromatic N) is 2. The van der Waals surface area contributed by atoms with Gasteiger partial charge in [-0.15, -0.1) is 0 Å². The molecule has 112 valence electrons. The molecule has 3 atom stereocenters. The van der Waals surface area contributed by atoms with Crippen molar-refractivity contribution in [1.82, 2.24) is 9.96 Å². The van der Waals surface area contributed by atoms with Gasteiger partial charge in [0.25, 0.3) is 5.91 Å². The van der Waals surface area contributed by atoms with E-state index in [1.165, 1.54) is 7.05 Å². The van der Waals surface area contributed by atoms with Crippen LogP contribution in [-0.2, 0) is 14.4 Å². The van der Waals surface area contributed by atoms with E-state index in [4.69, 9.17) is 4.84 Å². The van der Waals surface area contributed by atoms with Crippen molar-refractivity contribution in [2.24, 2.45) is 5.92 Å². The van der Waals surface area contributed by atoms with Crippen LogP contribution in [0.3, 0.4) is 0 Å². The van der Waals surface area contributed by atoms with Crippen LogP contribution in [0.25, 0.3) is 0 Å². The molecule has 2 saturated heterocycles. The standard InChI is InChI=1S/C15H18N2O4/c1-7-5-9(6-8(2)12(7)18)11-10-13(21-17(11)4)15(20)16(3)14(10)19/h5-6,10-11,13,18H,1-4H3. The minimum atomic E-state index is -0.744. The molecule has 3 unspecified atom stereocenters. The summed E-state index contributed by atoms with van der Waals surface area (Å²) < 4.78 is 0. The van der Waals surface area contributed by atoms with E-state index < -0.39 is 12.0 Å². The van der Waals surface area contributed by atoms with Crippen molar-refractivity contribution in [2.45, 2.75) is 26.0 Å². The number of likely N-dealkylation sites (tertiary alicyclic amines) is 1. The summed E-state index contributed by atoms with van der Waals surface area (Å²) >= 11 is 0. The number of carbonyl (C=O) groups is 2. The second-order valence-electron chi connectivity index (χ2n) is 5.78. The number of benzene rings is 1. The van der Waals surface area contributed by atoms with Crippen molar-refractivity contribution in [3.63, 3.8) is 0 Å². The predicted molar refractivity (Wildman–Crippen MR) is 74.2 cm³/mol. The molecular weight excluding hydrogens is 272 g/mol. The monoisotopic (exact) mass is 290 g/mol. The number of carbonyl (C=O) groups excluding carboxylic acids is 2. The highest BCUT2D eigenvalue weighted by Crippen LogP contribution is 2.44. The Kier molecular flexibility index (Phi) is 3.04. The summed E-state index contributed by atoms with van der Waals surface area (Å²) in [5, 5.41) is 11.5. The molecule has 2 fully saturated rings. The average molecular weight is 290 g/mol. The summed E-state index contributed by atoms with van der Waals surface area (Å²) in [6, 6.07) is 3.35. The van der Waals surface area contributed by atoms with Gasteiger partial charge in [0.1, 0.15) is 5.75 Å². The Labute approximate surface area is 122 Å². The van der Waals surface area contributed by atoms with E-state index in [-0.39, 0.29) is 23.6 Å². The van der Waals surface area contributed by atoms with Crippen molar-refractivity contribution < 1.29 is 19.5 Å². The van der Waals surface area contributed by atoms with E-state index >= 15 is 0 Å². The lowest BCUT2D eigenvalue weighted by Crippen LogP contribution is -2.33. The number of hydroxylamine groups is 2. The van der Waals surface area contributed by atoms with Gasteiger partial charge in [0, 0.05) is 14.1 Å². The highest BCUT2D eigenvalue weighted by atomic mass is 16.7. The third kappa shape index (κ3) is 1.86. The van der Waals surface area contributed by atoms with Gasteiger partial charge >= 0.3 is 0 Å². The van der Waals surface area contributed by atoms with Crippen LogP contribution in [0, 0.1) is 19.8 Å². The largest absolute Gasteiger partial charge is 0.507 e. The second kappa shape index (κ2) is 4.54. The van der Waals surface area contributed by atoms with Crippen LogP contribution >= 0.6 is 0 Å². The zero-order valence-corrected chi connectivity index (χ0v) is 12.5. The first kappa shape index (κ1) is 14.0. The van der Waals surface area contributed by atoms with Gasteiger partial charge in [-0.3, -0.25) is 19.3 Å². The number of hydrogen-bond donors (Lipinski definition) is 1. The van der Waals surface area contributed by atoms with Gasteiger partial charge in [-0.05, 0) is 30.5 Å². The normalized spacial score (nSPS) is 29.3. The molecule has 1 aromatic rings. The Morgan fingerprint density at radius 1 is 1.10 bits per heavy atom. The molecule has 2 amide bonds. The molecule has 0 bridgehead atoms. The van der Waals surface area contributed by atoms with Gasteiger partial charge < -0.3 is 5.11 Å². The van der Waals surface area contributed by atoms with Gasteiger partial charge in [-0.25, -0.2) is 0 Å². The van der Waals surface area contributed by atoms with Crippen molar-refractivity contribution >= 4 is 11.8 Å². The fourth-order valence-corrected chi connectivity index (χ4v) is 3.27. The molecule has 0 aliphatic carbocycles. The lowest BCUT2D eigenvalue weighted by atomic mass is 9.89. The van der Waals surface area contributed by atoms with Gasteiger partial charge in [-0.1, -0.05) is 12.1 Å². The number of rotatable bonds is 1. The molecule has 0 spiro atoms. The first-order valence-corrected chi connectivity index (χ1v) is 6.84. The molecule has 1 aromatic carbocycles. The van der Waals surface area contributed by atoms with Crippen molar-refractivity contribution in [1.29, 1.82) is 0 Å². The Morgan fingerprint density at radius 2 is 1.67 bits per heavy atom. The van der Waals surface area contributed by atoms with Crippen molar-refractivity contribution in [2.75, 3.05) is 14.1 Å². The summed E-state index contributed by atoms with van der Waals surface area (Å²) in [5.74, 6) is -0.798. The van der Waals surface area contributed by atoms with Gasteiger partial charge in [0.15, 0.2) is 6.10 Å². The Balaban J connectivity index is 2.06. The molecule has 0 radical (unpaired) electrons. The van der Waals surface area contributed by atoms with Gasteiger partial charge in [0.2, 0.25) is 5.91 Å². The van der Waals surface area contributed by atoms with E-state index in [2.05, 4.69) is 0 Å². The number of phenols is 1. The Hall–Kier alpha value is -1.92. The Bertz CT molecular complexity index is 620. The summed E-state index contributed by atoms with van der Waals surface area (Å²) in [7, 11) is 3.21. The Morgan fingerprint density at radius 3 is 2.24 bits per heavy atom. The molecule has 2 aliphatic heterocycles. The molecule has 3 rings (SSSR count). The maximum atomic E-state index is 12.3. The molecule has 2 aliphatic rings. The molecule has 1 N–H and O–H groups in total. The maximum absolute atomic E-state index is 12.3. The van der Waals surface area contributed by atoms with E-state index in [9.17, 15) is 14.7 Å². The zero-order valence-electron chi connectivity index (χ0n) is 12.5. The van der Waals surface area contributed by atoms with Crippen LogP contribution in [-0.4, -0.2) is 47.1 Å². The number of amides is 2. The molecule has 2 heterocycles. The highest BCUT2D eigenvalue weighted by Gasteiger charge is 2.57. The summed E-state index contributed by atoms with van der Waals surface area (Å²) in [6.07, 6.45) is -0.744. The molecule has 0 aromatic heterocycles. The summed E-state index contributed by atoms with van der Waals surface area (Å²) in [5.41, 5.74) is 2.35. The number of hydrogen-bond acceptors (Lipinski definition) is 5. The third-order valence-corrected chi connectivity index (χ3v) is 4.38. The minimum absolute atomic E-state index is 0.220. The SMILES string of the molecule is Cc1cc(C2C3C(=O)N(C)C(=O)C3ON2C)cc(C)c1O. The molecule has 6 nitrogen and oxygen atoms in total. The van der Waals surface area contributed by atoms with E-state index in [1.807, 2.05) is 26.0 Å². The molecular formula is C15H18N2O4. The minimum Gasteiger partial charge on any atom is -0.507 e. The topological polar surface area (TPSA) is 70.1 Å². The van der Waals surface area contributed by atoms with Gasteiger partial charge in [-0.2, -0.15) is 5.06 Å².